The van der Waals surface area contributed by atoms with Crippen LogP contribution in [-0.2, 0) is 9.22 Å². The van der Waals surface area contributed by atoms with Gasteiger partial charge in [-0.1, -0.05) is 67.7 Å². The molecule has 2 unspecified atom stereocenters. The van der Waals surface area contributed by atoms with Gasteiger partial charge in [0.15, 0.2) is 14.1 Å². The first kappa shape index (κ1) is 26.3. The fraction of sp³-hybridized carbons (Fsp3) is 0.955. The highest BCUT2D eigenvalue weighted by Crippen LogP contribution is 2.62. The predicted molar refractivity (Wildman–Crippen MR) is 130 cm³/mol. The van der Waals surface area contributed by atoms with Crippen LogP contribution in [0.4, 0.5) is 0 Å². The van der Waals surface area contributed by atoms with Gasteiger partial charge in [-0.15, -0.1) is 0 Å². The Labute approximate surface area is 178 Å². The normalized spacial score (nSPS) is 31.2. The van der Waals surface area contributed by atoms with Crippen LogP contribution in [0.5, 0.6) is 0 Å². The van der Waals surface area contributed by atoms with E-state index in [1.54, 1.807) is 0 Å². The van der Waals surface area contributed by atoms with E-state index in [2.05, 4.69) is 94.3 Å². The lowest BCUT2D eigenvalue weighted by atomic mass is 9.82. The molecule has 0 spiro atoms. The van der Waals surface area contributed by atoms with E-state index >= 15 is 0 Å². The van der Waals surface area contributed by atoms with Crippen molar-refractivity contribution in [3.63, 3.8) is 0 Å². The first-order valence-corrected chi connectivity index (χ1v) is 20.5. The molecule has 4 atom stereocenters. The second-order valence-corrected chi connectivity index (χ2v) is 29.1. The van der Waals surface area contributed by atoms with Gasteiger partial charge in [-0.3, -0.25) is 4.79 Å². The Morgan fingerprint density at radius 2 is 1.29 bits per heavy atom. The maximum absolute atomic E-state index is 13.6. The molecule has 0 heterocycles. The Morgan fingerprint density at radius 1 is 0.893 bits per heavy atom. The zero-order chi connectivity index (χ0) is 22.7. The highest BCUT2D eigenvalue weighted by molar-refractivity contribution is 6.86. The fourth-order valence-corrected chi connectivity index (χ4v) is 14.0. The number of ketones is 1. The van der Waals surface area contributed by atoms with Gasteiger partial charge in [0.05, 0.1) is 21.7 Å². The Bertz CT molecular complexity index is 594. The van der Waals surface area contributed by atoms with Gasteiger partial charge < -0.3 is 9.53 Å². The summed E-state index contributed by atoms with van der Waals surface area (Å²) in [6.45, 7) is 32.3. The molecule has 1 aliphatic rings. The van der Waals surface area contributed by atoms with Gasteiger partial charge in [0.1, 0.15) is 6.10 Å². The monoisotopic (exact) mass is 444 g/mol. The van der Waals surface area contributed by atoms with E-state index in [4.69, 9.17) is 4.43 Å². The first-order chi connectivity index (χ1) is 12.0. The van der Waals surface area contributed by atoms with Crippen LogP contribution in [0.15, 0.2) is 0 Å². The lowest BCUT2D eigenvalue weighted by Crippen LogP contribution is -2.68. The summed E-state index contributed by atoms with van der Waals surface area (Å²) < 4.78 is 7.05. The van der Waals surface area contributed by atoms with Gasteiger partial charge in [-0.05, 0) is 48.6 Å². The number of rotatable bonds is 4. The van der Waals surface area contributed by atoms with Gasteiger partial charge in [0.2, 0.25) is 0 Å². The third kappa shape index (κ3) is 4.61. The number of hydrogen-bond acceptors (Lipinski definition) is 3. The van der Waals surface area contributed by atoms with Gasteiger partial charge in [0, 0.05) is 5.54 Å². The van der Waals surface area contributed by atoms with Crippen molar-refractivity contribution in [1.82, 2.24) is 0 Å². The third-order valence-corrected chi connectivity index (χ3v) is 22.0. The van der Waals surface area contributed by atoms with E-state index in [0.717, 1.165) is 0 Å². The van der Waals surface area contributed by atoms with Crippen molar-refractivity contribution in [2.45, 2.75) is 134 Å². The van der Waals surface area contributed by atoms with Crippen LogP contribution in [0.3, 0.4) is 0 Å². The molecule has 6 heteroatoms. The van der Waals surface area contributed by atoms with E-state index in [1.807, 2.05) is 0 Å². The van der Waals surface area contributed by atoms with Crippen LogP contribution in [0.25, 0.3) is 0 Å². The van der Waals surface area contributed by atoms with Crippen molar-refractivity contribution in [1.29, 1.82) is 0 Å². The molecule has 0 aromatic carbocycles. The van der Waals surface area contributed by atoms with Crippen molar-refractivity contribution in [2.24, 2.45) is 0 Å². The number of aliphatic hydroxyl groups is 1. The van der Waals surface area contributed by atoms with Crippen LogP contribution in [-0.4, -0.2) is 47.1 Å². The highest BCUT2D eigenvalue weighted by atomic mass is 28.4. The summed E-state index contributed by atoms with van der Waals surface area (Å²) in [4.78, 5) is 13.6. The van der Waals surface area contributed by atoms with E-state index in [-0.39, 0.29) is 26.9 Å². The summed E-state index contributed by atoms with van der Waals surface area (Å²) in [7, 11) is -5.91. The summed E-state index contributed by atoms with van der Waals surface area (Å²) in [5.41, 5.74) is -0.430. The van der Waals surface area contributed by atoms with Crippen LogP contribution in [0, 0.1) is 0 Å². The molecule has 0 amide bonds. The van der Waals surface area contributed by atoms with Gasteiger partial charge in [-0.2, -0.15) is 0 Å². The molecule has 3 nitrogen and oxygen atoms in total. The number of carbonyl (C=O) groups excluding carboxylic acids is 1. The molecule has 1 N–H and O–H groups in total. The Kier molecular flexibility index (Phi) is 6.97. The minimum atomic E-state index is -2.11. The van der Waals surface area contributed by atoms with Crippen molar-refractivity contribution >= 4 is 30.2 Å². The summed E-state index contributed by atoms with van der Waals surface area (Å²) in [6, 6.07) is 0. The second kappa shape index (κ2) is 7.43. The van der Waals surface area contributed by atoms with E-state index in [0.29, 0.717) is 6.42 Å². The molecular formula is C22H48O3Si3. The molecule has 1 fully saturated rings. The molecule has 0 aliphatic heterocycles. The maximum Gasteiger partial charge on any atom is 0.184 e. The van der Waals surface area contributed by atoms with Crippen LogP contribution in [0.1, 0.15) is 54.9 Å². The molecule has 1 aliphatic carbocycles. The van der Waals surface area contributed by atoms with E-state index in [9.17, 15) is 9.90 Å². The first-order valence-electron chi connectivity index (χ1n) is 10.9. The largest absolute Gasteiger partial charge is 0.412 e. The molecule has 166 valence electrons. The van der Waals surface area contributed by atoms with E-state index < -0.39 is 36.2 Å². The SMILES string of the molecule is CC1(O[Si](C)(C)C)[C@H]([Si](C)(C)C(C)(C)C)CC(O)C(=O)[C@H]1[Si](C)(C)C(C)(C)C. The van der Waals surface area contributed by atoms with Crippen LogP contribution >= 0.6 is 0 Å². The van der Waals surface area contributed by atoms with Crippen LogP contribution in [0.2, 0.25) is 67.0 Å². The van der Waals surface area contributed by atoms with Crippen LogP contribution < -0.4 is 0 Å². The number of carbonyl (C=O) groups is 1. The zero-order valence-electron chi connectivity index (χ0n) is 21.2. The lowest BCUT2D eigenvalue weighted by molar-refractivity contribution is -0.137. The standard InChI is InChI=1S/C22H48O3Si3/c1-20(2,3)27(11,12)17-15-16(23)18(24)19(28(13,14)21(4,5)6)22(17,7)25-26(8,9)10/h16-17,19,23H,15H2,1-14H3/t16?,17-,19-,22?/m1/s1. The quantitative estimate of drug-likeness (QED) is 0.491. The average molecular weight is 445 g/mol. The Hall–Kier alpha value is 0.241. The van der Waals surface area contributed by atoms with Gasteiger partial charge in [-0.25, -0.2) is 0 Å². The molecular weight excluding hydrogens is 396 g/mol. The second-order valence-electron chi connectivity index (χ2n) is 13.5. The predicted octanol–water partition coefficient (Wildman–Crippen LogP) is 6.69. The fourth-order valence-electron chi connectivity index (χ4n) is 5.08. The van der Waals surface area contributed by atoms with Crippen molar-refractivity contribution in [3.8, 4) is 0 Å². The minimum Gasteiger partial charge on any atom is -0.412 e. The highest BCUT2D eigenvalue weighted by Gasteiger charge is 2.65. The third-order valence-electron chi connectivity index (χ3n) is 8.32. The molecule has 0 saturated heterocycles. The summed E-state index contributed by atoms with van der Waals surface area (Å²) in [5, 5.41) is 11.2. The van der Waals surface area contributed by atoms with Gasteiger partial charge >= 0.3 is 0 Å². The number of hydrogen-bond donors (Lipinski definition) is 1. The number of aliphatic hydroxyl groups excluding tert-OH is 1. The topological polar surface area (TPSA) is 46.5 Å². The van der Waals surface area contributed by atoms with Crippen molar-refractivity contribution in [3.05, 3.63) is 0 Å². The zero-order valence-corrected chi connectivity index (χ0v) is 24.2. The molecule has 0 bridgehead atoms. The van der Waals surface area contributed by atoms with Crippen molar-refractivity contribution < 1.29 is 14.3 Å². The average Bonchev–Trinajstić information content (AvgIpc) is 2.37. The molecule has 0 aromatic rings. The molecule has 0 radical (unpaired) electrons. The number of Topliss-reactive ketones (excluding diaryl/α,β-unsaturated/α-hetero) is 1. The molecule has 0 aromatic heterocycles. The molecule has 1 saturated carbocycles. The van der Waals surface area contributed by atoms with E-state index in [1.165, 1.54) is 0 Å². The minimum absolute atomic E-state index is 0.0438. The Morgan fingerprint density at radius 3 is 1.61 bits per heavy atom. The summed E-state index contributed by atoms with van der Waals surface area (Å²) >= 11 is 0. The smallest absolute Gasteiger partial charge is 0.184 e. The maximum atomic E-state index is 13.6. The summed E-state index contributed by atoms with van der Waals surface area (Å²) in [5.74, 6) is 0.0438. The Balaban J connectivity index is 3.82. The summed E-state index contributed by atoms with van der Waals surface area (Å²) in [6.07, 6.45) is -0.293. The van der Waals surface area contributed by atoms with Gasteiger partial charge in [0.25, 0.3) is 0 Å². The lowest BCUT2D eigenvalue weighted by Gasteiger charge is -2.62. The molecule has 1 rings (SSSR count). The molecule has 28 heavy (non-hydrogen) atoms. The van der Waals surface area contributed by atoms with Crippen molar-refractivity contribution in [2.75, 3.05) is 0 Å².